The van der Waals surface area contributed by atoms with Crippen LogP contribution >= 0.6 is 15.9 Å². The van der Waals surface area contributed by atoms with Gasteiger partial charge in [0.25, 0.3) is 0 Å². The zero-order chi connectivity index (χ0) is 19.8. The number of fused-ring (bicyclic) bond motifs is 1. The molecule has 0 aromatic carbocycles. The zero-order valence-corrected chi connectivity index (χ0v) is 17.7. The van der Waals surface area contributed by atoms with E-state index in [2.05, 4.69) is 30.9 Å². The Morgan fingerprint density at radius 3 is 2.85 bits per heavy atom. The van der Waals surface area contributed by atoms with Gasteiger partial charge in [0.2, 0.25) is 5.91 Å². The highest BCUT2D eigenvalue weighted by atomic mass is 79.9. The lowest BCUT2D eigenvalue weighted by Crippen LogP contribution is -2.47. The monoisotopic (exact) mass is 436 g/mol. The smallest absolute Gasteiger partial charge is 0.311 e. The maximum absolute atomic E-state index is 12.6. The standard InChI is InChI=1S/C19H25BrN4O3/c1-11(15-22-14-8-13(20)9-21-16(14)23-15)27-17(25)12-6-5-7-24(10-12)18(26)19(2,3)4/h8-9,11-12H,5-7,10H2,1-4H3,(H,21,22,23)/t11-,12-/m1/s1. The number of halogens is 1. The first-order chi connectivity index (χ1) is 12.6. The van der Waals surface area contributed by atoms with Crippen LogP contribution in [0, 0.1) is 11.3 Å². The zero-order valence-electron chi connectivity index (χ0n) is 16.1. The summed E-state index contributed by atoms with van der Waals surface area (Å²) in [5.74, 6) is 0.0389. The normalized spacial score (nSPS) is 19.1. The van der Waals surface area contributed by atoms with Crippen molar-refractivity contribution in [1.82, 2.24) is 19.9 Å². The largest absolute Gasteiger partial charge is 0.454 e. The van der Waals surface area contributed by atoms with Crippen LogP contribution in [0.3, 0.4) is 0 Å². The summed E-state index contributed by atoms with van der Waals surface area (Å²) in [6.45, 7) is 8.58. The van der Waals surface area contributed by atoms with Crippen LogP contribution in [0.2, 0.25) is 0 Å². The number of aromatic amines is 1. The number of amides is 1. The van der Waals surface area contributed by atoms with E-state index in [-0.39, 0.29) is 17.8 Å². The van der Waals surface area contributed by atoms with Gasteiger partial charge in [0.05, 0.1) is 11.4 Å². The summed E-state index contributed by atoms with van der Waals surface area (Å²) < 4.78 is 6.49. The summed E-state index contributed by atoms with van der Waals surface area (Å²) in [4.78, 5) is 38.7. The van der Waals surface area contributed by atoms with Crippen LogP contribution in [0.5, 0.6) is 0 Å². The molecule has 0 spiro atoms. The van der Waals surface area contributed by atoms with E-state index in [9.17, 15) is 9.59 Å². The minimum absolute atomic E-state index is 0.0713. The molecule has 0 unspecified atom stereocenters. The van der Waals surface area contributed by atoms with Gasteiger partial charge in [-0.15, -0.1) is 0 Å². The predicted octanol–water partition coefficient (Wildman–Crippen LogP) is 3.61. The maximum Gasteiger partial charge on any atom is 0.311 e. The number of rotatable bonds is 3. The number of H-pyrrole nitrogens is 1. The average Bonchev–Trinajstić information content (AvgIpc) is 3.03. The van der Waals surface area contributed by atoms with Gasteiger partial charge in [0.15, 0.2) is 11.8 Å². The Balaban J connectivity index is 1.65. The molecule has 2 aromatic heterocycles. The second-order valence-electron chi connectivity index (χ2n) is 8.07. The van der Waals surface area contributed by atoms with E-state index in [4.69, 9.17) is 4.74 Å². The quantitative estimate of drug-likeness (QED) is 0.742. The van der Waals surface area contributed by atoms with E-state index in [0.29, 0.717) is 24.6 Å². The van der Waals surface area contributed by atoms with Gasteiger partial charge in [0, 0.05) is 29.2 Å². The molecule has 2 atom stereocenters. The Kier molecular flexibility index (Phi) is 5.55. The van der Waals surface area contributed by atoms with Crippen LogP contribution in [0.25, 0.3) is 11.2 Å². The van der Waals surface area contributed by atoms with E-state index in [1.807, 2.05) is 26.8 Å². The fraction of sp³-hybridized carbons (Fsp3) is 0.579. The van der Waals surface area contributed by atoms with Crippen LogP contribution in [-0.2, 0) is 14.3 Å². The molecule has 8 heteroatoms. The molecule has 1 aliphatic rings. The number of piperidine rings is 1. The Morgan fingerprint density at radius 2 is 2.15 bits per heavy atom. The fourth-order valence-electron chi connectivity index (χ4n) is 3.24. The van der Waals surface area contributed by atoms with Gasteiger partial charge >= 0.3 is 5.97 Å². The highest BCUT2D eigenvalue weighted by Gasteiger charge is 2.34. The minimum Gasteiger partial charge on any atom is -0.454 e. The van der Waals surface area contributed by atoms with E-state index in [1.54, 1.807) is 18.0 Å². The summed E-state index contributed by atoms with van der Waals surface area (Å²) in [6, 6.07) is 1.88. The van der Waals surface area contributed by atoms with Crippen molar-refractivity contribution < 1.29 is 14.3 Å². The summed E-state index contributed by atoms with van der Waals surface area (Å²) in [5, 5.41) is 0. The Bertz CT molecular complexity index is 858. The lowest BCUT2D eigenvalue weighted by Gasteiger charge is -2.35. The van der Waals surface area contributed by atoms with Gasteiger partial charge in [-0.3, -0.25) is 9.59 Å². The highest BCUT2D eigenvalue weighted by molar-refractivity contribution is 9.10. The molecule has 1 saturated heterocycles. The summed E-state index contributed by atoms with van der Waals surface area (Å²) >= 11 is 3.37. The number of nitrogens with one attached hydrogen (secondary N) is 1. The first kappa shape index (κ1) is 19.8. The summed E-state index contributed by atoms with van der Waals surface area (Å²) in [5.41, 5.74) is 0.909. The number of aromatic nitrogens is 3. The second-order valence-corrected chi connectivity index (χ2v) is 8.98. The van der Waals surface area contributed by atoms with Gasteiger partial charge in [-0.25, -0.2) is 9.97 Å². The molecule has 1 fully saturated rings. The Morgan fingerprint density at radius 1 is 1.41 bits per heavy atom. The van der Waals surface area contributed by atoms with Crippen LogP contribution < -0.4 is 0 Å². The number of ether oxygens (including phenoxy) is 1. The molecule has 3 rings (SSSR count). The molecule has 1 N–H and O–H groups in total. The molecule has 7 nitrogen and oxygen atoms in total. The first-order valence-electron chi connectivity index (χ1n) is 9.16. The van der Waals surface area contributed by atoms with Crippen molar-refractivity contribution in [3.63, 3.8) is 0 Å². The number of hydrogen-bond donors (Lipinski definition) is 1. The van der Waals surface area contributed by atoms with Gasteiger partial charge < -0.3 is 14.6 Å². The molecule has 3 heterocycles. The summed E-state index contributed by atoms with van der Waals surface area (Å²) in [7, 11) is 0. The third-order valence-corrected chi connectivity index (χ3v) is 5.12. The molecule has 0 aliphatic carbocycles. The van der Waals surface area contributed by atoms with E-state index in [1.165, 1.54) is 0 Å². The molecular weight excluding hydrogens is 412 g/mol. The fourth-order valence-corrected chi connectivity index (χ4v) is 3.57. The van der Waals surface area contributed by atoms with E-state index < -0.39 is 11.5 Å². The number of carbonyl (C=O) groups excluding carboxylic acids is 2. The molecular formula is C19H25BrN4O3. The topological polar surface area (TPSA) is 88.2 Å². The third kappa shape index (κ3) is 4.48. The van der Waals surface area contributed by atoms with Crippen molar-refractivity contribution in [1.29, 1.82) is 0 Å². The molecule has 0 radical (unpaired) electrons. The minimum atomic E-state index is -0.515. The van der Waals surface area contributed by atoms with Crippen LogP contribution in [0.4, 0.5) is 0 Å². The molecule has 1 amide bonds. The number of nitrogens with zero attached hydrogens (tertiary/aromatic N) is 3. The number of esters is 1. The van der Waals surface area contributed by atoms with Crippen LogP contribution in [-0.4, -0.2) is 44.8 Å². The predicted molar refractivity (Wildman–Crippen MR) is 105 cm³/mol. The van der Waals surface area contributed by atoms with Gasteiger partial charge in [0.1, 0.15) is 5.82 Å². The molecule has 1 aliphatic heterocycles. The Labute approximate surface area is 167 Å². The average molecular weight is 437 g/mol. The number of imidazole rings is 1. The highest BCUT2D eigenvalue weighted by Crippen LogP contribution is 2.26. The van der Waals surface area contributed by atoms with E-state index >= 15 is 0 Å². The second kappa shape index (κ2) is 7.58. The number of carbonyl (C=O) groups is 2. The van der Waals surface area contributed by atoms with E-state index in [0.717, 1.165) is 22.8 Å². The SMILES string of the molecule is C[C@@H](OC(=O)[C@@H]1CCCN(C(=O)C(C)(C)C)C1)c1nc2ncc(Br)cc2[nH]1. The van der Waals surface area contributed by atoms with Crippen molar-refractivity contribution in [3.8, 4) is 0 Å². The lowest BCUT2D eigenvalue weighted by molar-refractivity contribution is -0.157. The Hall–Kier alpha value is -1.96. The van der Waals surface area contributed by atoms with Crippen molar-refractivity contribution in [2.45, 2.75) is 46.6 Å². The third-order valence-electron chi connectivity index (χ3n) is 4.68. The van der Waals surface area contributed by atoms with Crippen molar-refractivity contribution >= 4 is 39.0 Å². The molecule has 0 bridgehead atoms. The molecule has 146 valence electrons. The first-order valence-corrected chi connectivity index (χ1v) is 9.95. The van der Waals surface area contributed by atoms with Gasteiger partial charge in [-0.05, 0) is 41.8 Å². The number of likely N-dealkylation sites (tertiary alicyclic amines) is 1. The van der Waals surface area contributed by atoms with Crippen LogP contribution in [0.1, 0.15) is 52.5 Å². The number of pyridine rings is 1. The van der Waals surface area contributed by atoms with Gasteiger partial charge in [-0.2, -0.15) is 0 Å². The van der Waals surface area contributed by atoms with Crippen LogP contribution in [0.15, 0.2) is 16.7 Å². The molecule has 27 heavy (non-hydrogen) atoms. The van der Waals surface area contributed by atoms with Gasteiger partial charge in [-0.1, -0.05) is 20.8 Å². The molecule has 0 saturated carbocycles. The van der Waals surface area contributed by atoms with Crippen molar-refractivity contribution in [2.75, 3.05) is 13.1 Å². The summed E-state index contributed by atoms with van der Waals surface area (Å²) in [6.07, 6.45) is 2.69. The lowest BCUT2D eigenvalue weighted by atomic mass is 9.91. The number of hydrogen-bond acceptors (Lipinski definition) is 5. The van der Waals surface area contributed by atoms with Crippen molar-refractivity contribution in [2.24, 2.45) is 11.3 Å². The van der Waals surface area contributed by atoms with Crippen molar-refractivity contribution in [3.05, 3.63) is 22.6 Å². The maximum atomic E-state index is 12.6. The molecule has 2 aromatic rings.